The van der Waals surface area contributed by atoms with E-state index in [2.05, 4.69) is 29.2 Å². The van der Waals surface area contributed by atoms with Gasteiger partial charge in [-0.3, -0.25) is 9.69 Å². The summed E-state index contributed by atoms with van der Waals surface area (Å²) < 4.78 is 5.25. The van der Waals surface area contributed by atoms with Crippen molar-refractivity contribution in [2.75, 3.05) is 26.2 Å². The second-order valence-corrected chi connectivity index (χ2v) is 5.73. The smallest absolute Gasteiger partial charge is 0.289 e. The zero-order valence-electron chi connectivity index (χ0n) is 11.9. The van der Waals surface area contributed by atoms with Crippen LogP contribution >= 0.6 is 0 Å². The van der Waals surface area contributed by atoms with Crippen LogP contribution < -0.4 is 0 Å². The molecule has 2 aliphatic heterocycles. The summed E-state index contributed by atoms with van der Waals surface area (Å²) in [5, 5.41) is 0. The largest absolute Gasteiger partial charge is 0.459 e. The van der Waals surface area contributed by atoms with Crippen LogP contribution in [0.1, 0.15) is 27.7 Å². The Morgan fingerprint density at radius 2 is 2.00 bits per heavy atom. The summed E-state index contributed by atoms with van der Waals surface area (Å²) in [5.74, 6) is 0.440. The third kappa shape index (κ3) is 2.16. The number of piperazine rings is 1. The molecular weight excluding hydrogens is 264 g/mol. The van der Waals surface area contributed by atoms with Gasteiger partial charge in [-0.2, -0.15) is 0 Å². The van der Waals surface area contributed by atoms with Gasteiger partial charge in [0.05, 0.1) is 12.3 Å². The lowest BCUT2D eigenvalue weighted by Crippen LogP contribution is -2.52. The molecule has 1 aromatic carbocycles. The molecule has 2 aromatic rings. The summed E-state index contributed by atoms with van der Waals surface area (Å²) in [7, 11) is 0. The van der Waals surface area contributed by atoms with Gasteiger partial charge in [-0.1, -0.05) is 24.3 Å². The first kappa shape index (κ1) is 12.7. The maximum atomic E-state index is 12.5. The predicted octanol–water partition coefficient (Wildman–Crippen LogP) is 2.33. The monoisotopic (exact) mass is 282 g/mol. The summed E-state index contributed by atoms with van der Waals surface area (Å²) >= 11 is 0. The molecule has 0 aliphatic carbocycles. The average molecular weight is 282 g/mol. The first-order valence-electron chi connectivity index (χ1n) is 7.47. The normalized spacial score (nSPS) is 21.7. The van der Waals surface area contributed by atoms with Gasteiger partial charge in [-0.25, -0.2) is 0 Å². The quantitative estimate of drug-likeness (QED) is 0.805. The van der Waals surface area contributed by atoms with Crippen molar-refractivity contribution < 1.29 is 9.21 Å². The highest BCUT2D eigenvalue weighted by atomic mass is 16.3. The summed E-state index contributed by atoms with van der Waals surface area (Å²) in [4.78, 5) is 16.9. The molecule has 4 heteroatoms. The summed E-state index contributed by atoms with van der Waals surface area (Å²) in [6.45, 7) is 3.55. The number of furan rings is 1. The highest BCUT2D eigenvalue weighted by Crippen LogP contribution is 2.32. The Morgan fingerprint density at radius 3 is 2.86 bits per heavy atom. The Bertz CT molecular complexity index is 651. The highest BCUT2D eigenvalue weighted by Gasteiger charge is 2.34. The van der Waals surface area contributed by atoms with E-state index in [9.17, 15) is 4.79 Å². The van der Waals surface area contributed by atoms with Gasteiger partial charge < -0.3 is 9.32 Å². The van der Waals surface area contributed by atoms with Gasteiger partial charge in [0, 0.05) is 26.2 Å². The van der Waals surface area contributed by atoms with Crippen molar-refractivity contribution >= 4 is 5.91 Å². The second kappa shape index (κ2) is 5.04. The first-order valence-corrected chi connectivity index (χ1v) is 7.47. The molecule has 1 amide bonds. The van der Waals surface area contributed by atoms with Crippen LogP contribution in [0.15, 0.2) is 47.1 Å². The number of carbonyl (C=O) groups is 1. The summed E-state index contributed by atoms with van der Waals surface area (Å²) in [5.41, 5.74) is 2.80. The first-order chi connectivity index (χ1) is 10.3. The van der Waals surface area contributed by atoms with E-state index < -0.39 is 0 Å². The van der Waals surface area contributed by atoms with E-state index in [1.165, 1.54) is 11.1 Å². The Labute approximate surface area is 124 Å². The molecule has 0 spiro atoms. The van der Waals surface area contributed by atoms with Crippen molar-refractivity contribution in [2.45, 2.75) is 12.5 Å². The SMILES string of the molecule is O=C(c1ccco1)N1CCN2CCc3ccccc3C2C1. The Morgan fingerprint density at radius 1 is 1.10 bits per heavy atom. The number of rotatable bonds is 1. The molecule has 1 saturated heterocycles. The minimum Gasteiger partial charge on any atom is -0.459 e. The number of benzene rings is 1. The number of amides is 1. The molecule has 1 atom stereocenters. The van der Waals surface area contributed by atoms with Crippen molar-refractivity contribution in [3.05, 3.63) is 59.5 Å². The van der Waals surface area contributed by atoms with E-state index in [-0.39, 0.29) is 5.91 Å². The van der Waals surface area contributed by atoms with Crippen LogP contribution in [0.25, 0.3) is 0 Å². The predicted molar refractivity (Wildman–Crippen MR) is 79.1 cm³/mol. The molecule has 0 saturated carbocycles. The van der Waals surface area contributed by atoms with Gasteiger partial charge >= 0.3 is 0 Å². The Balaban J connectivity index is 1.60. The fourth-order valence-corrected chi connectivity index (χ4v) is 3.47. The van der Waals surface area contributed by atoms with E-state index in [4.69, 9.17) is 4.42 Å². The molecule has 0 bridgehead atoms. The zero-order chi connectivity index (χ0) is 14.2. The molecule has 0 N–H and O–H groups in total. The van der Waals surface area contributed by atoms with Crippen molar-refractivity contribution in [2.24, 2.45) is 0 Å². The number of nitrogens with zero attached hydrogens (tertiary/aromatic N) is 2. The maximum absolute atomic E-state index is 12.5. The fraction of sp³-hybridized carbons (Fsp3) is 0.353. The molecule has 0 radical (unpaired) electrons. The van der Waals surface area contributed by atoms with Crippen molar-refractivity contribution in [1.82, 2.24) is 9.80 Å². The highest BCUT2D eigenvalue weighted by molar-refractivity contribution is 5.91. The van der Waals surface area contributed by atoms with Crippen LogP contribution in [0, 0.1) is 0 Å². The van der Waals surface area contributed by atoms with Crippen LogP contribution in [-0.2, 0) is 6.42 Å². The third-order valence-corrected chi connectivity index (χ3v) is 4.59. The minimum absolute atomic E-state index is 0.00250. The topological polar surface area (TPSA) is 36.7 Å². The van der Waals surface area contributed by atoms with Crippen LogP contribution in [0.5, 0.6) is 0 Å². The minimum atomic E-state index is 0.00250. The van der Waals surface area contributed by atoms with E-state index in [1.807, 2.05) is 4.90 Å². The molecule has 4 rings (SSSR count). The maximum Gasteiger partial charge on any atom is 0.289 e. The zero-order valence-corrected chi connectivity index (χ0v) is 11.9. The standard InChI is InChI=1S/C17H18N2O2/c20-17(16-6-3-11-21-16)19-10-9-18-8-7-13-4-1-2-5-14(13)15(18)12-19/h1-6,11,15H,7-10,12H2. The lowest BCUT2D eigenvalue weighted by molar-refractivity contribution is 0.0428. The molecule has 4 nitrogen and oxygen atoms in total. The van der Waals surface area contributed by atoms with Crippen LogP contribution in [0.2, 0.25) is 0 Å². The summed E-state index contributed by atoms with van der Waals surface area (Å²) in [6, 6.07) is 12.4. The third-order valence-electron chi connectivity index (χ3n) is 4.59. The van der Waals surface area contributed by atoms with Crippen molar-refractivity contribution in [3.8, 4) is 0 Å². The molecular formula is C17H18N2O2. The Hall–Kier alpha value is -2.07. The lowest BCUT2D eigenvalue weighted by Gasteiger charge is -2.44. The number of hydrogen-bond donors (Lipinski definition) is 0. The van der Waals surface area contributed by atoms with E-state index >= 15 is 0 Å². The van der Waals surface area contributed by atoms with Crippen LogP contribution in [-0.4, -0.2) is 41.9 Å². The number of fused-ring (bicyclic) bond motifs is 3. The Kier molecular flexibility index (Phi) is 3.04. The van der Waals surface area contributed by atoms with E-state index in [0.717, 1.165) is 32.6 Å². The second-order valence-electron chi connectivity index (χ2n) is 5.73. The van der Waals surface area contributed by atoms with E-state index in [0.29, 0.717) is 11.8 Å². The van der Waals surface area contributed by atoms with Gasteiger partial charge in [-0.15, -0.1) is 0 Å². The molecule has 21 heavy (non-hydrogen) atoms. The van der Waals surface area contributed by atoms with Gasteiger partial charge in [-0.05, 0) is 29.7 Å². The molecule has 2 aliphatic rings. The van der Waals surface area contributed by atoms with Gasteiger partial charge in [0.25, 0.3) is 5.91 Å². The number of hydrogen-bond acceptors (Lipinski definition) is 3. The van der Waals surface area contributed by atoms with Gasteiger partial charge in [0.2, 0.25) is 0 Å². The fourth-order valence-electron chi connectivity index (χ4n) is 3.47. The van der Waals surface area contributed by atoms with Crippen molar-refractivity contribution in [3.63, 3.8) is 0 Å². The summed E-state index contributed by atoms with van der Waals surface area (Å²) in [6.07, 6.45) is 2.66. The lowest BCUT2D eigenvalue weighted by atomic mass is 9.91. The number of carbonyl (C=O) groups excluding carboxylic acids is 1. The van der Waals surface area contributed by atoms with Gasteiger partial charge in [0.15, 0.2) is 5.76 Å². The van der Waals surface area contributed by atoms with Crippen molar-refractivity contribution in [1.29, 1.82) is 0 Å². The molecule has 3 heterocycles. The molecule has 1 fully saturated rings. The molecule has 1 aromatic heterocycles. The molecule has 1 unspecified atom stereocenters. The van der Waals surface area contributed by atoms with Crippen LogP contribution in [0.4, 0.5) is 0 Å². The van der Waals surface area contributed by atoms with E-state index in [1.54, 1.807) is 18.4 Å². The molecule has 108 valence electrons. The van der Waals surface area contributed by atoms with Gasteiger partial charge in [0.1, 0.15) is 0 Å². The average Bonchev–Trinajstić information content (AvgIpc) is 3.08. The van der Waals surface area contributed by atoms with Crippen LogP contribution in [0.3, 0.4) is 0 Å².